The van der Waals surface area contributed by atoms with Gasteiger partial charge in [0.05, 0.1) is 26.2 Å². The average molecular weight is 448 g/mol. The van der Waals surface area contributed by atoms with Crippen LogP contribution in [0.15, 0.2) is 72.8 Å². The number of nitrogens with one attached hydrogen (secondary N) is 1. The Morgan fingerprint density at radius 3 is 2.09 bits per heavy atom. The minimum atomic E-state index is -0.589. The van der Waals surface area contributed by atoms with Gasteiger partial charge < -0.3 is 19.7 Å². The molecule has 3 aromatic carbocycles. The van der Waals surface area contributed by atoms with Crippen LogP contribution in [0.5, 0.6) is 11.5 Å². The Bertz CT molecular complexity index is 1110. The van der Waals surface area contributed by atoms with Gasteiger partial charge in [-0.05, 0) is 59.7 Å². The number of halogens is 1. The van der Waals surface area contributed by atoms with E-state index in [0.29, 0.717) is 17.2 Å². The minimum absolute atomic E-state index is 0.0813. The van der Waals surface area contributed by atoms with E-state index in [1.54, 1.807) is 43.4 Å². The van der Waals surface area contributed by atoms with E-state index in [1.807, 2.05) is 36.4 Å². The van der Waals surface area contributed by atoms with Gasteiger partial charge in [0.1, 0.15) is 17.3 Å². The molecule has 2 amide bonds. The van der Waals surface area contributed by atoms with E-state index >= 15 is 0 Å². The molecule has 1 saturated heterocycles. The summed E-state index contributed by atoms with van der Waals surface area (Å²) in [6.45, 7) is 0.252. The Morgan fingerprint density at radius 2 is 1.52 bits per heavy atom. The maximum Gasteiger partial charge on any atom is 0.228 e. The van der Waals surface area contributed by atoms with Crippen molar-refractivity contribution in [2.24, 2.45) is 5.92 Å². The maximum absolute atomic E-state index is 13.2. The third-order valence-corrected chi connectivity index (χ3v) is 5.85. The molecule has 1 fully saturated rings. The first-order valence-electron chi connectivity index (χ1n) is 10.6. The molecule has 6 nitrogen and oxygen atoms in total. The molecular weight excluding hydrogens is 423 g/mol. The minimum Gasteiger partial charge on any atom is -0.497 e. The number of hydrogen-bond donors (Lipinski definition) is 1. The molecule has 1 aliphatic rings. The molecule has 2 atom stereocenters. The van der Waals surface area contributed by atoms with E-state index in [-0.39, 0.29) is 30.6 Å². The molecule has 4 rings (SSSR count). The smallest absolute Gasteiger partial charge is 0.228 e. The highest BCUT2D eigenvalue weighted by Gasteiger charge is 2.45. The van der Waals surface area contributed by atoms with E-state index < -0.39 is 12.0 Å². The van der Waals surface area contributed by atoms with Crippen molar-refractivity contribution >= 4 is 17.5 Å². The van der Waals surface area contributed by atoms with Gasteiger partial charge in [-0.3, -0.25) is 9.59 Å². The second kappa shape index (κ2) is 9.73. The lowest BCUT2D eigenvalue weighted by molar-refractivity contribution is -0.127. The monoisotopic (exact) mass is 448 g/mol. The summed E-state index contributed by atoms with van der Waals surface area (Å²) < 4.78 is 23.7. The summed E-state index contributed by atoms with van der Waals surface area (Å²) >= 11 is 0. The zero-order valence-electron chi connectivity index (χ0n) is 18.5. The summed E-state index contributed by atoms with van der Waals surface area (Å²) in [5.74, 6) is 0.0819. The number of rotatable bonds is 7. The van der Waals surface area contributed by atoms with Crippen LogP contribution in [0.25, 0.3) is 0 Å². The van der Waals surface area contributed by atoms with Crippen LogP contribution in [-0.2, 0) is 16.1 Å². The fraction of sp³-hybridized carbons (Fsp3) is 0.231. The summed E-state index contributed by atoms with van der Waals surface area (Å²) in [5.41, 5.74) is 2.30. The molecule has 33 heavy (non-hydrogen) atoms. The SMILES string of the molecule is COc1ccc(C2C(C(=O)NCc3ccc(F)cc3)CC(=O)N2c2ccc(OC)cc2)cc1. The van der Waals surface area contributed by atoms with Crippen molar-refractivity contribution in [3.05, 3.63) is 89.7 Å². The van der Waals surface area contributed by atoms with E-state index in [4.69, 9.17) is 9.47 Å². The number of carbonyl (C=O) groups excluding carboxylic acids is 2. The Morgan fingerprint density at radius 1 is 0.939 bits per heavy atom. The highest BCUT2D eigenvalue weighted by atomic mass is 19.1. The van der Waals surface area contributed by atoms with Crippen LogP contribution in [0.1, 0.15) is 23.6 Å². The Hall–Kier alpha value is -3.87. The van der Waals surface area contributed by atoms with Gasteiger partial charge in [-0.2, -0.15) is 0 Å². The van der Waals surface area contributed by atoms with E-state index in [0.717, 1.165) is 11.1 Å². The molecule has 7 heteroatoms. The topological polar surface area (TPSA) is 67.9 Å². The third kappa shape index (κ3) is 4.82. The first-order valence-corrected chi connectivity index (χ1v) is 10.6. The van der Waals surface area contributed by atoms with Crippen LogP contribution in [0.4, 0.5) is 10.1 Å². The quantitative estimate of drug-likeness (QED) is 0.587. The summed E-state index contributed by atoms with van der Waals surface area (Å²) in [6.07, 6.45) is 0.0813. The van der Waals surface area contributed by atoms with Gasteiger partial charge in [-0.1, -0.05) is 24.3 Å². The first kappa shape index (κ1) is 22.3. The highest BCUT2D eigenvalue weighted by Crippen LogP contribution is 2.42. The van der Waals surface area contributed by atoms with Gasteiger partial charge in [0.15, 0.2) is 0 Å². The number of amides is 2. The predicted octanol–water partition coefficient (Wildman–Crippen LogP) is 4.25. The molecule has 0 bridgehead atoms. The van der Waals surface area contributed by atoms with Crippen LogP contribution >= 0.6 is 0 Å². The van der Waals surface area contributed by atoms with Crippen LogP contribution in [0, 0.1) is 11.7 Å². The van der Waals surface area contributed by atoms with Crippen LogP contribution in [-0.4, -0.2) is 26.0 Å². The van der Waals surface area contributed by atoms with Crippen LogP contribution < -0.4 is 19.7 Å². The normalized spacial score (nSPS) is 17.7. The lowest BCUT2D eigenvalue weighted by Crippen LogP contribution is -2.35. The number of nitrogens with zero attached hydrogens (tertiary/aromatic N) is 1. The van der Waals surface area contributed by atoms with E-state index in [1.165, 1.54) is 12.1 Å². The second-order valence-electron chi connectivity index (χ2n) is 7.83. The third-order valence-electron chi connectivity index (χ3n) is 5.85. The fourth-order valence-corrected chi connectivity index (χ4v) is 4.12. The number of hydrogen-bond acceptors (Lipinski definition) is 4. The molecule has 1 N–H and O–H groups in total. The molecule has 0 radical (unpaired) electrons. The second-order valence-corrected chi connectivity index (χ2v) is 7.83. The number of methoxy groups -OCH3 is 2. The van der Waals surface area contributed by atoms with Gasteiger partial charge in [0.2, 0.25) is 11.8 Å². The van der Waals surface area contributed by atoms with Crippen molar-refractivity contribution in [3.63, 3.8) is 0 Å². The Balaban J connectivity index is 1.63. The van der Waals surface area contributed by atoms with Crippen molar-refractivity contribution in [2.45, 2.75) is 19.0 Å². The molecule has 170 valence electrons. The van der Waals surface area contributed by atoms with Crippen LogP contribution in [0.2, 0.25) is 0 Å². The lowest BCUT2D eigenvalue weighted by Gasteiger charge is -2.28. The van der Waals surface area contributed by atoms with Crippen molar-refractivity contribution in [2.75, 3.05) is 19.1 Å². The molecular formula is C26H25FN2O4. The molecule has 1 heterocycles. The van der Waals surface area contributed by atoms with E-state index in [9.17, 15) is 14.0 Å². The highest BCUT2D eigenvalue weighted by molar-refractivity contribution is 6.01. The zero-order valence-corrected chi connectivity index (χ0v) is 18.5. The largest absolute Gasteiger partial charge is 0.497 e. The average Bonchev–Trinajstić information content (AvgIpc) is 3.20. The van der Waals surface area contributed by atoms with Gasteiger partial charge in [-0.25, -0.2) is 4.39 Å². The number of anilines is 1. The van der Waals surface area contributed by atoms with E-state index in [2.05, 4.69) is 5.32 Å². The van der Waals surface area contributed by atoms with Crippen molar-refractivity contribution < 1.29 is 23.5 Å². The number of carbonyl (C=O) groups is 2. The van der Waals surface area contributed by atoms with Crippen molar-refractivity contribution in [1.29, 1.82) is 0 Å². The Labute approximate surface area is 191 Å². The molecule has 2 unspecified atom stereocenters. The predicted molar refractivity (Wildman–Crippen MR) is 123 cm³/mol. The molecule has 0 saturated carbocycles. The first-order chi connectivity index (χ1) is 16.0. The summed E-state index contributed by atoms with van der Waals surface area (Å²) in [6, 6.07) is 20.1. The summed E-state index contributed by atoms with van der Waals surface area (Å²) in [7, 11) is 3.17. The van der Waals surface area contributed by atoms with Gasteiger partial charge in [0, 0.05) is 18.7 Å². The van der Waals surface area contributed by atoms with Gasteiger partial charge in [0.25, 0.3) is 0 Å². The summed E-state index contributed by atoms with van der Waals surface area (Å²) in [4.78, 5) is 28.0. The zero-order chi connectivity index (χ0) is 23.4. The van der Waals surface area contributed by atoms with Gasteiger partial charge in [-0.15, -0.1) is 0 Å². The fourth-order valence-electron chi connectivity index (χ4n) is 4.12. The number of ether oxygens (including phenoxy) is 2. The molecule has 1 aliphatic heterocycles. The van der Waals surface area contributed by atoms with Crippen molar-refractivity contribution in [3.8, 4) is 11.5 Å². The standard InChI is InChI=1S/C26H25FN2O4/c1-32-21-11-5-18(6-12-21)25-23(26(31)28-16-17-3-7-19(27)8-4-17)15-24(30)29(25)20-9-13-22(33-2)14-10-20/h3-14,23,25H,15-16H2,1-2H3,(H,28,31). The summed E-state index contributed by atoms with van der Waals surface area (Å²) in [5, 5.41) is 2.91. The molecule has 0 aliphatic carbocycles. The van der Waals surface area contributed by atoms with Gasteiger partial charge >= 0.3 is 0 Å². The molecule has 0 spiro atoms. The van der Waals surface area contributed by atoms with Crippen molar-refractivity contribution in [1.82, 2.24) is 5.32 Å². The molecule has 0 aromatic heterocycles. The lowest BCUT2D eigenvalue weighted by atomic mass is 9.92. The van der Waals surface area contributed by atoms with Crippen LogP contribution in [0.3, 0.4) is 0 Å². The maximum atomic E-state index is 13.2. The number of benzene rings is 3. The molecule has 3 aromatic rings. The Kier molecular flexibility index (Phi) is 6.58.